The Morgan fingerprint density at radius 1 is 1.10 bits per heavy atom. The molecule has 0 bridgehead atoms. The fraction of sp³-hybridized carbons (Fsp3) is 0.364. The zero-order valence-corrected chi connectivity index (χ0v) is 20.0. The number of amides is 1. The van der Waals surface area contributed by atoms with Gasteiger partial charge in [0.2, 0.25) is 0 Å². The molecule has 2 N–H and O–H groups in total. The lowest BCUT2D eigenvalue weighted by atomic mass is 10.1. The van der Waals surface area contributed by atoms with Crippen molar-refractivity contribution < 1.29 is 13.9 Å². The third kappa shape index (κ3) is 9.43. The number of ether oxygens (including phenoxy) is 1. The first kappa shape index (κ1) is 25.7. The van der Waals surface area contributed by atoms with Crippen molar-refractivity contribution in [3.8, 4) is 5.75 Å². The van der Waals surface area contributed by atoms with Crippen molar-refractivity contribution in [3.63, 3.8) is 0 Å². The second kappa shape index (κ2) is 13.8. The Kier molecular flexibility index (Phi) is 11.8. The lowest BCUT2D eigenvalue weighted by molar-refractivity contribution is -0.130. The summed E-state index contributed by atoms with van der Waals surface area (Å²) in [6.45, 7) is 3.93. The van der Waals surface area contributed by atoms with Crippen LogP contribution in [0, 0.1) is 5.82 Å². The van der Waals surface area contributed by atoms with E-state index in [0.717, 1.165) is 24.1 Å². The Labute approximate surface area is 194 Å². The van der Waals surface area contributed by atoms with Gasteiger partial charge in [-0.25, -0.2) is 9.38 Å². The maximum absolute atomic E-state index is 13.0. The minimum atomic E-state index is -0.228. The number of guanidine groups is 1. The molecule has 1 amide bonds. The van der Waals surface area contributed by atoms with Gasteiger partial charge in [-0.15, -0.1) is 24.0 Å². The Balaban J connectivity index is 0.00000450. The number of aliphatic imine (C=N–C) groups is 1. The van der Waals surface area contributed by atoms with Crippen molar-refractivity contribution in [1.82, 2.24) is 15.5 Å². The monoisotopic (exact) mass is 528 g/mol. The van der Waals surface area contributed by atoms with Gasteiger partial charge in [0.15, 0.2) is 12.6 Å². The number of likely N-dealkylation sites (N-methyl/N-ethyl adjacent to an activating group) is 1. The molecule has 0 aliphatic carbocycles. The predicted molar refractivity (Wildman–Crippen MR) is 129 cm³/mol. The third-order valence-corrected chi connectivity index (χ3v) is 4.14. The summed E-state index contributed by atoms with van der Waals surface area (Å²) >= 11 is 0. The van der Waals surface area contributed by atoms with E-state index in [9.17, 15) is 9.18 Å². The van der Waals surface area contributed by atoms with E-state index in [4.69, 9.17) is 4.74 Å². The lowest BCUT2D eigenvalue weighted by Crippen LogP contribution is -2.38. The average molecular weight is 528 g/mol. The molecule has 2 aromatic carbocycles. The molecule has 0 unspecified atom stereocenters. The van der Waals surface area contributed by atoms with Crippen molar-refractivity contribution in [2.75, 3.05) is 33.8 Å². The standard InChI is InChI=1S/C22H29FN4O2.HI/c1-4-24-22(25-13-12-17-8-10-19(23)11-9-17)26-15-18-6-5-7-20(14-18)29-16-21(28)27(2)3;/h5-11,14H,4,12-13,15-16H2,1-3H3,(H2,24,25,26);1H. The Morgan fingerprint density at radius 3 is 2.50 bits per heavy atom. The van der Waals surface area contributed by atoms with E-state index in [-0.39, 0.29) is 42.3 Å². The third-order valence-electron chi connectivity index (χ3n) is 4.14. The van der Waals surface area contributed by atoms with Crippen LogP contribution in [0.1, 0.15) is 18.1 Å². The van der Waals surface area contributed by atoms with Gasteiger partial charge in [-0.3, -0.25) is 4.79 Å². The summed E-state index contributed by atoms with van der Waals surface area (Å²) in [6, 6.07) is 14.1. The highest BCUT2D eigenvalue weighted by atomic mass is 127. The largest absolute Gasteiger partial charge is 0.484 e. The first-order valence-electron chi connectivity index (χ1n) is 9.66. The van der Waals surface area contributed by atoms with E-state index in [2.05, 4.69) is 15.6 Å². The summed E-state index contributed by atoms with van der Waals surface area (Å²) in [5.41, 5.74) is 2.04. The molecule has 2 rings (SSSR count). The average Bonchev–Trinajstić information content (AvgIpc) is 2.72. The molecule has 0 fully saturated rings. The number of rotatable bonds is 9. The van der Waals surface area contributed by atoms with E-state index in [1.54, 1.807) is 26.2 Å². The molecule has 0 aliphatic heterocycles. The second-order valence-corrected chi connectivity index (χ2v) is 6.72. The number of benzene rings is 2. The molecule has 0 spiro atoms. The van der Waals surface area contributed by atoms with Gasteiger partial charge < -0.3 is 20.3 Å². The maximum Gasteiger partial charge on any atom is 0.259 e. The highest BCUT2D eigenvalue weighted by Crippen LogP contribution is 2.14. The van der Waals surface area contributed by atoms with Crippen LogP contribution < -0.4 is 15.4 Å². The fourth-order valence-electron chi connectivity index (χ4n) is 2.50. The van der Waals surface area contributed by atoms with Crippen molar-refractivity contribution >= 4 is 35.8 Å². The minimum Gasteiger partial charge on any atom is -0.484 e. The van der Waals surface area contributed by atoms with Crippen LogP contribution in [0.4, 0.5) is 4.39 Å². The van der Waals surface area contributed by atoms with Crippen molar-refractivity contribution in [3.05, 3.63) is 65.5 Å². The van der Waals surface area contributed by atoms with Gasteiger partial charge in [0.05, 0.1) is 6.54 Å². The number of hydrogen-bond acceptors (Lipinski definition) is 3. The molecule has 0 radical (unpaired) electrons. The van der Waals surface area contributed by atoms with Crippen LogP contribution in [-0.2, 0) is 17.8 Å². The topological polar surface area (TPSA) is 66.0 Å². The number of carbonyl (C=O) groups is 1. The summed E-state index contributed by atoms with van der Waals surface area (Å²) in [4.78, 5) is 17.7. The normalized spacial score (nSPS) is 10.7. The summed E-state index contributed by atoms with van der Waals surface area (Å²) in [7, 11) is 3.39. The molecule has 0 aromatic heterocycles. The smallest absolute Gasteiger partial charge is 0.259 e. The summed E-state index contributed by atoms with van der Waals surface area (Å²) in [5, 5.41) is 6.50. The summed E-state index contributed by atoms with van der Waals surface area (Å²) < 4.78 is 18.5. The van der Waals surface area contributed by atoms with Crippen LogP contribution in [0.3, 0.4) is 0 Å². The van der Waals surface area contributed by atoms with Gasteiger partial charge >= 0.3 is 0 Å². The Hall–Kier alpha value is -2.36. The van der Waals surface area contributed by atoms with E-state index >= 15 is 0 Å². The zero-order chi connectivity index (χ0) is 21.1. The van der Waals surface area contributed by atoms with Crippen molar-refractivity contribution in [2.24, 2.45) is 4.99 Å². The molecule has 0 heterocycles. The highest BCUT2D eigenvalue weighted by molar-refractivity contribution is 14.0. The number of halogens is 2. The Morgan fingerprint density at radius 2 is 1.83 bits per heavy atom. The molecule has 0 saturated heterocycles. The van der Waals surface area contributed by atoms with Crippen LogP contribution in [0.2, 0.25) is 0 Å². The van der Waals surface area contributed by atoms with Crippen LogP contribution in [-0.4, -0.2) is 50.6 Å². The summed E-state index contributed by atoms with van der Waals surface area (Å²) in [6.07, 6.45) is 0.772. The van der Waals surface area contributed by atoms with Crippen molar-refractivity contribution in [2.45, 2.75) is 19.9 Å². The fourth-order valence-corrected chi connectivity index (χ4v) is 2.50. The van der Waals surface area contributed by atoms with Gasteiger partial charge in [0.1, 0.15) is 11.6 Å². The first-order chi connectivity index (χ1) is 14.0. The zero-order valence-electron chi connectivity index (χ0n) is 17.7. The molecule has 2 aromatic rings. The quantitative estimate of drug-likeness (QED) is 0.298. The Bertz CT molecular complexity index is 813. The molecule has 0 atom stereocenters. The molecule has 0 saturated carbocycles. The lowest BCUT2D eigenvalue weighted by Gasteiger charge is -2.13. The van der Waals surface area contributed by atoms with Crippen molar-refractivity contribution in [1.29, 1.82) is 0 Å². The molecule has 0 aliphatic rings. The van der Waals surface area contributed by atoms with E-state index in [0.29, 0.717) is 24.8 Å². The molecule has 8 heteroatoms. The van der Waals surface area contributed by atoms with Crippen LogP contribution in [0.5, 0.6) is 5.75 Å². The van der Waals surface area contributed by atoms with Crippen LogP contribution in [0.15, 0.2) is 53.5 Å². The van der Waals surface area contributed by atoms with Crippen LogP contribution >= 0.6 is 24.0 Å². The van der Waals surface area contributed by atoms with Crippen LogP contribution in [0.25, 0.3) is 0 Å². The minimum absolute atomic E-state index is 0. The first-order valence-corrected chi connectivity index (χ1v) is 9.66. The predicted octanol–water partition coefficient (Wildman–Crippen LogP) is 3.21. The SMILES string of the molecule is CCNC(=NCc1cccc(OCC(=O)N(C)C)c1)NCCc1ccc(F)cc1.I. The number of nitrogens with one attached hydrogen (secondary N) is 2. The van der Waals surface area contributed by atoms with Gasteiger partial charge in [0.25, 0.3) is 5.91 Å². The van der Waals surface area contributed by atoms with Gasteiger partial charge in [-0.1, -0.05) is 24.3 Å². The molecular formula is C22H30FIN4O2. The molecule has 164 valence electrons. The second-order valence-electron chi connectivity index (χ2n) is 6.72. The summed E-state index contributed by atoms with van der Waals surface area (Å²) in [5.74, 6) is 1.04. The van der Waals surface area contributed by atoms with Gasteiger partial charge in [0, 0.05) is 27.2 Å². The van der Waals surface area contributed by atoms with E-state index in [1.807, 2.05) is 31.2 Å². The molecule has 30 heavy (non-hydrogen) atoms. The van der Waals surface area contributed by atoms with E-state index < -0.39 is 0 Å². The molecule has 6 nitrogen and oxygen atoms in total. The van der Waals surface area contributed by atoms with Gasteiger partial charge in [-0.2, -0.15) is 0 Å². The molecular weight excluding hydrogens is 498 g/mol. The number of carbonyl (C=O) groups excluding carboxylic acids is 1. The number of nitrogens with zero attached hydrogens (tertiary/aromatic N) is 2. The number of hydrogen-bond donors (Lipinski definition) is 2. The highest BCUT2D eigenvalue weighted by Gasteiger charge is 2.05. The maximum atomic E-state index is 13.0. The van der Waals surface area contributed by atoms with Gasteiger partial charge in [-0.05, 0) is 48.7 Å². The van der Waals surface area contributed by atoms with E-state index in [1.165, 1.54) is 17.0 Å².